The van der Waals surface area contributed by atoms with Crippen molar-refractivity contribution in [3.05, 3.63) is 30.1 Å². The molecule has 118 valence electrons. The number of hydrogen-bond acceptors (Lipinski definition) is 3. The van der Waals surface area contributed by atoms with Crippen LogP contribution in [0.25, 0.3) is 0 Å². The fourth-order valence-corrected chi connectivity index (χ4v) is 2.89. The Hall–Kier alpha value is -2.11. The van der Waals surface area contributed by atoms with Crippen molar-refractivity contribution in [1.29, 1.82) is 0 Å². The van der Waals surface area contributed by atoms with E-state index in [0.29, 0.717) is 5.75 Å². The van der Waals surface area contributed by atoms with Gasteiger partial charge in [-0.25, -0.2) is 9.18 Å². The molecule has 22 heavy (non-hydrogen) atoms. The molecule has 1 aliphatic carbocycles. The molecule has 2 atom stereocenters. The lowest BCUT2D eigenvalue weighted by Crippen LogP contribution is -2.46. The van der Waals surface area contributed by atoms with Crippen LogP contribution >= 0.6 is 0 Å². The number of nitrogens with one attached hydrogen (secondary N) is 1. The van der Waals surface area contributed by atoms with Crippen LogP contribution in [0.15, 0.2) is 24.3 Å². The van der Waals surface area contributed by atoms with E-state index >= 15 is 0 Å². The Morgan fingerprint density at radius 3 is 2.82 bits per heavy atom. The third-order valence-corrected chi connectivity index (χ3v) is 4.27. The second-order valence-electron chi connectivity index (χ2n) is 6.21. The maximum atomic E-state index is 13.1. The van der Waals surface area contributed by atoms with Gasteiger partial charge < -0.3 is 10.1 Å². The fraction of sp³-hybridized carbons (Fsp3) is 0.500. The van der Waals surface area contributed by atoms with Gasteiger partial charge in [-0.1, -0.05) is 6.07 Å². The summed E-state index contributed by atoms with van der Waals surface area (Å²) >= 11 is 0. The highest BCUT2D eigenvalue weighted by atomic mass is 19.1. The van der Waals surface area contributed by atoms with Crippen molar-refractivity contribution in [1.82, 2.24) is 10.2 Å². The van der Waals surface area contributed by atoms with Crippen LogP contribution in [0.3, 0.4) is 0 Å². The van der Waals surface area contributed by atoms with Gasteiger partial charge in [0.05, 0.1) is 6.54 Å². The highest BCUT2D eigenvalue weighted by Crippen LogP contribution is 2.42. The first-order valence-corrected chi connectivity index (χ1v) is 7.46. The molecular weight excluding hydrogens is 287 g/mol. The smallest absolute Gasteiger partial charge is 0.325 e. The molecule has 0 unspecified atom stereocenters. The number of ether oxygens (including phenoxy) is 1. The number of amides is 3. The van der Waals surface area contributed by atoms with Crippen LogP contribution in [0.2, 0.25) is 0 Å². The Morgan fingerprint density at radius 2 is 2.18 bits per heavy atom. The molecule has 1 saturated heterocycles. The largest absolute Gasteiger partial charge is 0.489 e. The maximum Gasteiger partial charge on any atom is 0.325 e. The number of imide groups is 1. The van der Waals surface area contributed by atoms with E-state index in [0.717, 1.165) is 12.8 Å². The monoisotopic (exact) mass is 306 g/mol. The minimum atomic E-state index is -0.782. The Bertz CT molecular complexity index is 617. The van der Waals surface area contributed by atoms with Crippen molar-refractivity contribution in [2.24, 2.45) is 5.92 Å². The van der Waals surface area contributed by atoms with E-state index in [9.17, 15) is 14.0 Å². The fourth-order valence-electron chi connectivity index (χ4n) is 2.89. The van der Waals surface area contributed by atoms with E-state index in [4.69, 9.17) is 4.74 Å². The van der Waals surface area contributed by atoms with Gasteiger partial charge in [0, 0.05) is 6.07 Å². The molecule has 0 radical (unpaired) electrons. The van der Waals surface area contributed by atoms with Crippen LogP contribution in [0.1, 0.15) is 26.7 Å². The van der Waals surface area contributed by atoms with E-state index in [1.165, 1.54) is 17.0 Å². The molecule has 1 saturated carbocycles. The summed E-state index contributed by atoms with van der Waals surface area (Å²) in [6.45, 7) is 3.67. The molecule has 3 rings (SSSR count). The van der Waals surface area contributed by atoms with E-state index in [1.54, 1.807) is 26.0 Å². The number of hydrogen-bond donors (Lipinski definition) is 1. The zero-order valence-electron chi connectivity index (χ0n) is 12.6. The standard InChI is InChI=1S/C16H19FN2O3/c1-10(22-13-5-3-4-12(17)8-13)9-19-14(20)16(2,11-6-7-11)18-15(19)21/h3-5,8,10-11H,6-7,9H2,1-2H3,(H,18,21)/t10-,16-/m1/s1. The molecule has 2 fully saturated rings. The second kappa shape index (κ2) is 5.26. The van der Waals surface area contributed by atoms with E-state index < -0.39 is 11.6 Å². The summed E-state index contributed by atoms with van der Waals surface area (Å²) in [7, 11) is 0. The molecule has 0 aromatic heterocycles. The van der Waals surface area contributed by atoms with Gasteiger partial charge in [-0.05, 0) is 44.7 Å². The number of urea groups is 1. The van der Waals surface area contributed by atoms with E-state index in [1.807, 2.05) is 0 Å². The van der Waals surface area contributed by atoms with Gasteiger partial charge in [-0.2, -0.15) is 0 Å². The van der Waals surface area contributed by atoms with Crippen LogP contribution in [0, 0.1) is 11.7 Å². The Morgan fingerprint density at radius 1 is 1.45 bits per heavy atom. The molecule has 6 heteroatoms. The first kappa shape index (κ1) is 14.8. The number of carbonyl (C=O) groups is 2. The van der Waals surface area contributed by atoms with Gasteiger partial charge >= 0.3 is 6.03 Å². The van der Waals surface area contributed by atoms with E-state index in [-0.39, 0.29) is 30.2 Å². The molecule has 5 nitrogen and oxygen atoms in total. The average molecular weight is 306 g/mol. The van der Waals surface area contributed by atoms with Crippen LogP contribution in [-0.2, 0) is 4.79 Å². The molecule has 2 aliphatic rings. The van der Waals surface area contributed by atoms with Gasteiger partial charge in [0.15, 0.2) is 0 Å². The van der Waals surface area contributed by atoms with Crippen molar-refractivity contribution >= 4 is 11.9 Å². The van der Waals surface area contributed by atoms with Crippen LogP contribution in [0.5, 0.6) is 5.75 Å². The van der Waals surface area contributed by atoms with Crippen molar-refractivity contribution in [2.45, 2.75) is 38.3 Å². The molecule has 1 aliphatic heterocycles. The van der Waals surface area contributed by atoms with E-state index in [2.05, 4.69) is 5.32 Å². The van der Waals surface area contributed by atoms with Crippen LogP contribution < -0.4 is 10.1 Å². The molecule has 1 aromatic rings. The summed E-state index contributed by atoms with van der Waals surface area (Å²) in [5.41, 5.74) is -0.782. The van der Waals surface area contributed by atoms with Gasteiger partial charge in [0.2, 0.25) is 0 Å². The molecule has 0 spiro atoms. The van der Waals surface area contributed by atoms with Gasteiger partial charge in [-0.15, -0.1) is 0 Å². The van der Waals surface area contributed by atoms with Crippen LogP contribution in [0.4, 0.5) is 9.18 Å². The van der Waals surface area contributed by atoms with Crippen molar-refractivity contribution < 1.29 is 18.7 Å². The lowest BCUT2D eigenvalue weighted by molar-refractivity contribution is -0.132. The summed E-state index contributed by atoms with van der Waals surface area (Å²) < 4.78 is 18.7. The highest BCUT2D eigenvalue weighted by molar-refractivity contribution is 6.07. The minimum Gasteiger partial charge on any atom is -0.489 e. The zero-order chi connectivity index (χ0) is 15.9. The third-order valence-electron chi connectivity index (χ3n) is 4.27. The molecule has 1 N–H and O–H groups in total. The van der Waals surface area contributed by atoms with Crippen molar-refractivity contribution in [2.75, 3.05) is 6.54 Å². The molecule has 3 amide bonds. The summed E-state index contributed by atoms with van der Waals surface area (Å²) in [6.07, 6.45) is 1.51. The quantitative estimate of drug-likeness (QED) is 0.849. The summed E-state index contributed by atoms with van der Waals surface area (Å²) in [6, 6.07) is 5.41. The Kier molecular flexibility index (Phi) is 3.54. The van der Waals surface area contributed by atoms with Crippen molar-refractivity contribution in [3.63, 3.8) is 0 Å². The van der Waals surface area contributed by atoms with Gasteiger partial charge in [0.25, 0.3) is 5.91 Å². The van der Waals surface area contributed by atoms with Crippen LogP contribution in [-0.4, -0.2) is 35.0 Å². The van der Waals surface area contributed by atoms with Crippen molar-refractivity contribution in [3.8, 4) is 5.75 Å². The number of halogens is 1. The summed E-state index contributed by atoms with van der Waals surface area (Å²) in [4.78, 5) is 25.7. The molecular formula is C16H19FN2O3. The summed E-state index contributed by atoms with van der Waals surface area (Å²) in [5.74, 6) is 0.0218. The first-order valence-electron chi connectivity index (χ1n) is 7.46. The maximum absolute atomic E-state index is 13.1. The molecule has 0 bridgehead atoms. The first-order chi connectivity index (χ1) is 10.4. The minimum absolute atomic E-state index is 0.142. The SMILES string of the molecule is C[C@H](CN1C(=O)N[C@](C)(C2CC2)C1=O)Oc1cccc(F)c1. The second-order valence-corrected chi connectivity index (χ2v) is 6.21. The number of rotatable bonds is 5. The number of nitrogens with zero attached hydrogens (tertiary/aromatic N) is 1. The van der Waals surface area contributed by atoms with Gasteiger partial charge in [-0.3, -0.25) is 9.69 Å². The topological polar surface area (TPSA) is 58.6 Å². The molecule has 1 aromatic carbocycles. The predicted molar refractivity (Wildman–Crippen MR) is 77.9 cm³/mol. The number of carbonyl (C=O) groups excluding carboxylic acids is 2. The lowest BCUT2D eigenvalue weighted by atomic mass is 9.96. The lowest BCUT2D eigenvalue weighted by Gasteiger charge is -2.23. The highest BCUT2D eigenvalue weighted by Gasteiger charge is 2.56. The predicted octanol–water partition coefficient (Wildman–Crippen LogP) is 2.31. The number of benzene rings is 1. The zero-order valence-corrected chi connectivity index (χ0v) is 12.6. The average Bonchev–Trinajstić information content (AvgIpc) is 3.25. The summed E-state index contributed by atoms with van der Waals surface area (Å²) in [5, 5.41) is 2.79. The Balaban J connectivity index is 1.65. The Labute approximate surface area is 128 Å². The normalized spacial score (nSPS) is 26.0. The van der Waals surface area contributed by atoms with Gasteiger partial charge in [0.1, 0.15) is 23.2 Å². The molecule has 1 heterocycles. The third kappa shape index (κ3) is 2.65.